The molecular weight excluding hydrogens is 355 g/mol. The number of aromatic nitrogens is 1. The molecule has 116 valence electrons. The minimum absolute atomic E-state index is 0.0209. The van der Waals surface area contributed by atoms with Crippen LogP contribution in [-0.2, 0) is 0 Å². The standard InChI is InChI=1S/C16H10Cl2N2O2S/c1-9-2-4-15-13(6-9)19-16(23-15)5-3-10-7-14(20(21)22)12(18)8-11(10)17/h2-8H,1H3/b5-3+. The third kappa shape index (κ3) is 3.37. The van der Waals surface area contributed by atoms with Crippen molar-refractivity contribution in [1.29, 1.82) is 0 Å². The molecule has 0 aliphatic rings. The molecule has 0 saturated carbocycles. The van der Waals surface area contributed by atoms with Gasteiger partial charge in [-0.2, -0.15) is 0 Å². The minimum atomic E-state index is -0.531. The number of hydrogen-bond acceptors (Lipinski definition) is 4. The van der Waals surface area contributed by atoms with Gasteiger partial charge < -0.3 is 0 Å². The summed E-state index contributed by atoms with van der Waals surface area (Å²) in [6.07, 6.45) is 3.50. The predicted octanol–water partition coefficient (Wildman–Crippen LogP) is 5.99. The first kappa shape index (κ1) is 15.9. The van der Waals surface area contributed by atoms with Crippen molar-refractivity contribution in [3.63, 3.8) is 0 Å². The third-order valence-corrected chi connectivity index (χ3v) is 4.86. The number of nitro groups is 1. The fraction of sp³-hybridized carbons (Fsp3) is 0.0625. The van der Waals surface area contributed by atoms with E-state index in [0.717, 1.165) is 20.8 Å². The number of aryl methyl sites for hydroxylation is 1. The Morgan fingerprint density at radius 3 is 2.70 bits per heavy atom. The molecule has 7 heteroatoms. The van der Waals surface area contributed by atoms with Crippen LogP contribution >= 0.6 is 34.5 Å². The molecule has 3 aromatic rings. The van der Waals surface area contributed by atoms with Gasteiger partial charge in [0.1, 0.15) is 10.0 Å². The Labute approximate surface area is 146 Å². The van der Waals surface area contributed by atoms with E-state index in [1.807, 2.05) is 25.1 Å². The summed E-state index contributed by atoms with van der Waals surface area (Å²) in [5.74, 6) is 0. The van der Waals surface area contributed by atoms with Gasteiger partial charge in [-0.25, -0.2) is 4.98 Å². The molecule has 3 rings (SSSR count). The lowest BCUT2D eigenvalue weighted by molar-refractivity contribution is -0.384. The van der Waals surface area contributed by atoms with Crippen molar-refractivity contribution in [3.05, 3.63) is 66.6 Å². The highest BCUT2D eigenvalue weighted by atomic mass is 35.5. The Bertz CT molecular complexity index is 951. The largest absolute Gasteiger partial charge is 0.288 e. The van der Waals surface area contributed by atoms with Crippen LogP contribution in [0.3, 0.4) is 0 Å². The van der Waals surface area contributed by atoms with Crippen molar-refractivity contribution < 1.29 is 4.92 Å². The molecule has 23 heavy (non-hydrogen) atoms. The summed E-state index contributed by atoms with van der Waals surface area (Å²) >= 11 is 13.5. The second-order valence-corrected chi connectivity index (χ2v) is 6.82. The maximum Gasteiger partial charge on any atom is 0.288 e. The van der Waals surface area contributed by atoms with Gasteiger partial charge in [0.05, 0.1) is 15.1 Å². The van der Waals surface area contributed by atoms with Crippen LogP contribution in [0.5, 0.6) is 0 Å². The molecule has 0 N–H and O–H groups in total. The average Bonchev–Trinajstić information content (AvgIpc) is 2.87. The quantitative estimate of drug-likeness (QED) is 0.423. The number of halogens is 2. The average molecular weight is 365 g/mol. The highest BCUT2D eigenvalue weighted by Gasteiger charge is 2.15. The first-order valence-electron chi connectivity index (χ1n) is 6.63. The van der Waals surface area contributed by atoms with Crippen molar-refractivity contribution in [2.75, 3.05) is 0 Å². The lowest BCUT2D eigenvalue weighted by Crippen LogP contribution is -1.90. The van der Waals surface area contributed by atoms with E-state index >= 15 is 0 Å². The van der Waals surface area contributed by atoms with Crippen molar-refractivity contribution in [1.82, 2.24) is 4.98 Å². The summed E-state index contributed by atoms with van der Waals surface area (Å²) in [7, 11) is 0. The molecular formula is C16H10Cl2N2O2S. The predicted molar refractivity (Wildman–Crippen MR) is 96.4 cm³/mol. The van der Waals surface area contributed by atoms with Crippen LogP contribution < -0.4 is 0 Å². The molecule has 0 spiro atoms. The lowest BCUT2D eigenvalue weighted by atomic mass is 10.2. The molecule has 0 bridgehead atoms. The van der Waals surface area contributed by atoms with Gasteiger partial charge in [0.15, 0.2) is 0 Å². The number of benzene rings is 2. The minimum Gasteiger partial charge on any atom is -0.258 e. The molecule has 4 nitrogen and oxygen atoms in total. The molecule has 1 heterocycles. The monoisotopic (exact) mass is 364 g/mol. The van der Waals surface area contributed by atoms with Gasteiger partial charge in [0, 0.05) is 16.7 Å². The Balaban J connectivity index is 1.98. The van der Waals surface area contributed by atoms with E-state index in [9.17, 15) is 10.1 Å². The molecule has 0 aliphatic heterocycles. The molecule has 0 aliphatic carbocycles. The number of fused-ring (bicyclic) bond motifs is 1. The van der Waals surface area contributed by atoms with Crippen LogP contribution in [0, 0.1) is 17.0 Å². The fourth-order valence-electron chi connectivity index (χ4n) is 2.11. The zero-order valence-electron chi connectivity index (χ0n) is 11.9. The zero-order valence-corrected chi connectivity index (χ0v) is 14.2. The Hall–Kier alpha value is -1.95. The summed E-state index contributed by atoms with van der Waals surface area (Å²) < 4.78 is 1.09. The number of nitrogens with zero attached hydrogens (tertiary/aromatic N) is 2. The molecule has 0 radical (unpaired) electrons. The molecule has 0 unspecified atom stereocenters. The summed E-state index contributed by atoms with van der Waals surface area (Å²) in [5.41, 5.74) is 2.44. The van der Waals surface area contributed by atoms with Gasteiger partial charge >= 0.3 is 0 Å². The maximum absolute atomic E-state index is 11.0. The second-order valence-electron chi connectivity index (χ2n) is 4.94. The van der Waals surface area contributed by atoms with Crippen molar-refractivity contribution in [3.8, 4) is 0 Å². The highest BCUT2D eigenvalue weighted by molar-refractivity contribution is 7.19. The normalized spacial score (nSPS) is 11.4. The van der Waals surface area contributed by atoms with E-state index in [1.54, 1.807) is 23.5 Å². The molecule has 1 aromatic heterocycles. The summed E-state index contributed by atoms with van der Waals surface area (Å²) in [6, 6.07) is 8.82. The maximum atomic E-state index is 11.0. The molecule has 0 amide bonds. The van der Waals surface area contributed by atoms with Crippen molar-refractivity contribution in [2.45, 2.75) is 6.92 Å². The van der Waals surface area contributed by atoms with Crippen LogP contribution in [0.25, 0.3) is 22.4 Å². The summed E-state index contributed by atoms with van der Waals surface area (Å²) in [4.78, 5) is 14.9. The van der Waals surface area contributed by atoms with Gasteiger partial charge in [0.2, 0.25) is 0 Å². The van der Waals surface area contributed by atoms with Gasteiger partial charge in [0.25, 0.3) is 5.69 Å². The smallest absolute Gasteiger partial charge is 0.258 e. The van der Waals surface area contributed by atoms with E-state index in [4.69, 9.17) is 23.2 Å². The molecule has 0 fully saturated rings. The third-order valence-electron chi connectivity index (χ3n) is 3.23. The van der Waals surface area contributed by atoms with Crippen LogP contribution in [-0.4, -0.2) is 9.91 Å². The molecule has 0 atom stereocenters. The highest BCUT2D eigenvalue weighted by Crippen LogP contribution is 2.32. The SMILES string of the molecule is Cc1ccc2sc(/C=C/c3cc([N+](=O)[O-])c(Cl)cc3Cl)nc2c1. The van der Waals surface area contributed by atoms with E-state index in [2.05, 4.69) is 4.98 Å². The fourth-order valence-corrected chi connectivity index (χ4v) is 3.47. The second kappa shape index (κ2) is 6.28. The van der Waals surface area contributed by atoms with Gasteiger partial charge in [-0.15, -0.1) is 11.3 Å². The van der Waals surface area contributed by atoms with Crippen LogP contribution in [0.2, 0.25) is 10.0 Å². The van der Waals surface area contributed by atoms with Crippen molar-refractivity contribution in [2.24, 2.45) is 0 Å². The topological polar surface area (TPSA) is 56.0 Å². The van der Waals surface area contributed by atoms with Crippen molar-refractivity contribution >= 4 is 62.6 Å². The Morgan fingerprint density at radius 1 is 1.17 bits per heavy atom. The van der Waals surface area contributed by atoms with Crippen LogP contribution in [0.4, 0.5) is 5.69 Å². The van der Waals surface area contributed by atoms with Gasteiger partial charge in [-0.3, -0.25) is 10.1 Å². The number of rotatable bonds is 3. The lowest BCUT2D eigenvalue weighted by Gasteiger charge is -2.00. The van der Waals surface area contributed by atoms with E-state index in [-0.39, 0.29) is 10.7 Å². The van der Waals surface area contributed by atoms with Gasteiger partial charge in [-0.1, -0.05) is 35.3 Å². The van der Waals surface area contributed by atoms with E-state index in [0.29, 0.717) is 10.6 Å². The zero-order chi connectivity index (χ0) is 16.6. The first-order valence-corrected chi connectivity index (χ1v) is 8.20. The number of hydrogen-bond donors (Lipinski definition) is 0. The number of nitro benzene ring substituents is 1. The van der Waals surface area contributed by atoms with Gasteiger partial charge in [-0.05, 0) is 36.8 Å². The summed E-state index contributed by atoms with van der Waals surface area (Å²) in [5, 5.41) is 12.1. The summed E-state index contributed by atoms with van der Waals surface area (Å²) in [6.45, 7) is 2.01. The van der Waals surface area contributed by atoms with Crippen LogP contribution in [0.1, 0.15) is 16.1 Å². The molecule has 2 aromatic carbocycles. The van der Waals surface area contributed by atoms with E-state index in [1.165, 1.54) is 12.1 Å². The number of thiazole rings is 1. The molecule has 0 saturated heterocycles. The first-order chi connectivity index (χ1) is 10.9. The Kier molecular flexibility index (Phi) is 4.35. The van der Waals surface area contributed by atoms with E-state index < -0.39 is 4.92 Å². The Morgan fingerprint density at radius 2 is 1.96 bits per heavy atom. The van der Waals surface area contributed by atoms with Crippen LogP contribution in [0.15, 0.2) is 30.3 Å².